The van der Waals surface area contributed by atoms with Crippen LogP contribution < -0.4 is 11.1 Å². The molecular weight excluding hydrogens is 478 g/mol. The first kappa shape index (κ1) is 25.8. The number of ether oxygens (including phenoxy) is 2. The fraction of sp³-hybridized carbons (Fsp3) is 0.300. The Balaban J connectivity index is 1.09. The largest absolute Gasteiger partial charge is 0.463 e. The van der Waals surface area contributed by atoms with Crippen LogP contribution in [0.2, 0.25) is 0 Å². The predicted molar refractivity (Wildman–Crippen MR) is 149 cm³/mol. The number of esters is 1. The summed E-state index contributed by atoms with van der Waals surface area (Å²) in [7, 11) is 0. The lowest BCUT2D eigenvalue weighted by Crippen LogP contribution is -2.40. The molecule has 8 heteroatoms. The van der Waals surface area contributed by atoms with Crippen LogP contribution in [0.25, 0.3) is 22.0 Å². The van der Waals surface area contributed by atoms with Crippen molar-refractivity contribution in [2.24, 2.45) is 5.73 Å². The molecule has 196 valence electrons. The molecule has 1 aliphatic rings. The van der Waals surface area contributed by atoms with Crippen molar-refractivity contribution in [2.75, 3.05) is 44.8 Å². The van der Waals surface area contributed by atoms with Crippen LogP contribution in [0, 0.1) is 0 Å². The average Bonchev–Trinajstić information content (AvgIpc) is 2.97. The lowest BCUT2D eigenvalue weighted by Gasteiger charge is -2.26. The molecular formula is C30H33N5O3. The molecule has 0 unspecified atom stereocenters. The summed E-state index contributed by atoms with van der Waals surface area (Å²) in [6.07, 6.45) is 3.92. The van der Waals surface area contributed by atoms with E-state index in [0.29, 0.717) is 26.1 Å². The molecule has 3 aromatic carbocycles. The van der Waals surface area contributed by atoms with E-state index in [4.69, 9.17) is 15.2 Å². The number of morpholine rings is 1. The second-order valence-electron chi connectivity index (χ2n) is 9.45. The molecule has 3 N–H and O–H groups in total. The van der Waals surface area contributed by atoms with Crippen molar-refractivity contribution < 1.29 is 14.3 Å². The summed E-state index contributed by atoms with van der Waals surface area (Å²) < 4.78 is 10.7. The SMILES string of the molecule is N[C@@H](Cc1ccc(-c2cnc(NCc3ccc4ccccc4c3)cn2)cc1)C(=O)OCCN1CCOCC1. The number of nitrogens with one attached hydrogen (secondary N) is 1. The minimum Gasteiger partial charge on any atom is -0.463 e. The standard InChI is InChI=1S/C30H33N5O3/c31-27(30(36)38-16-13-35-11-14-37-15-12-35)18-22-5-9-25(10-6-22)28-20-34-29(21-32-28)33-19-23-7-8-24-3-1-2-4-26(24)17-23/h1-10,17,20-21,27H,11-16,18-19,31H2,(H,33,34)/t27-/m0/s1. The minimum absolute atomic E-state index is 0.344. The highest BCUT2D eigenvalue weighted by molar-refractivity contribution is 5.83. The zero-order valence-corrected chi connectivity index (χ0v) is 21.4. The summed E-state index contributed by atoms with van der Waals surface area (Å²) in [5, 5.41) is 5.79. The first-order valence-electron chi connectivity index (χ1n) is 13.0. The Labute approximate surface area is 222 Å². The first-order chi connectivity index (χ1) is 18.6. The van der Waals surface area contributed by atoms with Crippen molar-refractivity contribution in [2.45, 2.75) is 19.0 Å². The van der Waals surface area contributed by atoms with Gasteiger partial charge in [-0.1, -0.05) is 60.7 Å². The number of anilines is 1. The third-order valence-corrected chi connectivity index (χ3v) is 6.70. The Morgan fingerprint density at radius 3 is 2.50 bits per heavy atom. The maximum Gasteiger partial charge on any atom is 0.323 e. The van der Waals surface area contributed by atoms with Gasteiger partial charge in [0.2, 0.25) is 0 Å². The monoisotopic (exact) mass is 511 g/mol. The lowest BCUT2D eigenvalue weighted by atomic mass is 10.0. The molecule has 0 aliphatic carbocycles. The molecule has 1 atom stereocenters. The number of aromatic nitrogens is 2. The topological polar surface area (TPSA) is 103 Å². The van der Waals surface area contributed by atoms with Gasteiger partial charge in [-0.2, -0.15) is 0 Å². The summed E-state index contributed by atoms with van der Waals surface area (Å²) >= 11 is 0. The maximum atomic E-state index is 12.3. The van der Waals surface area contributed by atoms with E-state index in [1.807, 2.05) is 36.4 Å². The van der Waals surface area contributed by atoms with Crippen molar-refractivity contribution in [1.29, 1.82) is 0 Å². The van der Waals surface area contributed by atoms with Gasteiger partial charge in [0.1, 0.15) is 18.5 Å². The summed E-state index contributed by atoms with van der Waals surface area (Å²) in [5.74, 6) is 0.344. The molecule has 1 aromatic heterocycles. The molecule has 1 aliphatic heterocycles. The second-order valence-corrected chi connectivity index (χ2v) is 9.45. The number of fused-ring (bicyclic) bond motifs is 1. The minimum atomic E-state index is -0.696. The summed E-state index contributed by atoms with van der Waals surface area (Å²) in [6.45, 7) is 4.90. The van der Waals surface area contributed by atoms with E-state index in [9.17, 15) is 4.79 Å². The van der Waals surface area contributed by atoms with E-state index in [2.05, 4.69) is 50.5 Å². The van der Waals surface area contributed by atoms with Gasteiger partial charge in [0.25, 0.3) is 0 Å². The van der Waals surface area contributed by atoms with Crippen LogP contribution in [0.5, 0.6) is 0 Å². The van der Waals surface area contributed by atoms with Crippen molar-refractivity contribution in [3.05, 3.63) is 90.3 Å². The molecule has 8 nitrogen and oxygen atoms in total. The number of nitrogens with two attached hydrogens (primary N) is 1. The van der Waals surface area contributed by atoms with E-state index in [1.165, 1.54) is 16.3 Å². The van der Waals surface area contributed by atoms with Crippen molar-refractivity contribution in [3.8, 4) is 11.3 Å². The number of hydrogen-bond acceptors (Lipinski definition) is 8. The van der Waals surface area contributed by atoms with Gasteiger partial charge in [0.15, 0.2) is 0 Å². The number of carbonyl (C=O) groups is 1. The molecule has 0 radical (unpaired) electrons. The number of carbonyl (C=O) groups excluding carboxylic acids is 1. The highest BCUT2D eigenvalue weighted by Gasteiger charge is 2.17. The third kappa shape index (κ3) is 6.92. The Bertz CT molecular complexity index is 1340. The van der Waals surface area contributed by atoms with Gasteiger partial charge in [-0.05, 0) is 34.4 Å². The van der Waals surface area contributed by atoms with E-state index in [-0.39, 0.29) is 5.97 Å². The fourth-order valence-corrected chi connectivity index (χ4v) is 4.47. The fourth-order valence-electron chi connectivity index (χ4n) is 4.47. The van der Waals surface area contributed by atoms with Crippen molar-refractivity contribution in [1.82, 2.24) is 14.9 Å². The van der Waals surface area contributed by atoms with E-state index in [1.54, 1.807) is 12.4 Å². The van der Waals surface area contributed by atoms with Gasteiger partial charge < -0.3 is 20.5 Å². The second kappa shape index (κ2) is 12.6. The molecule has 0 amide bonds. The highest BCUT2D eigenvalue weighted by atomic mass is 16.5. The van der Waals surface area contributed by atoms with Crippen molar-refractivity contribution >= 4 is 22.6 Å². The van der Waals surface area contributed by atoms with E-state index >= 15 is 0 Å². The van der Waals surface area contributed by atoms with Gasteiger partial charge in [0.05, 0.1) is 31.3 Å². The van der Waals surface area contributed by atoms with Gasteiger partial charge in [-0.25, -0.2) is 4.98 Å². The smallest absolute Gasteiger partial charge is 0.323 e. The molecule has 0 spiro atoms. The van der Waals surface area contributed by atoms with Crippen LogP contribution in [0.1, 0.15) is 11.1 Å². The van der Waals surface area contributed by atoms with Gasteiger partial charge in [-0.3, -0.25) is 14.7 Å². The van der Waals surface area contributed by atoms with Crippen LogP contribution >= 0.6 is 0 Å². The molecule has 0 bridgehead atoms. The molecule has 1 saturated heterocycles. The molecule has 5 rings (SSSR count). The number of nitrogens with zero attached hydrogens (tertiary/aromatic N) is 3. The van der Waals surface area contributed by atoms with E-state index in [0.717, 1.165) is 48.9 Å². The summed E-state index contributed by atoms with van der Waals surface area (Å²) in [5.41, 5.74) is 9.97. The number of hydrogen-bond donors (Lipinski definition) is 2. The predicted octanol–water partition coefficient (Wildman–Crippen LogP) is 3.65. The molecule has 38 heavy (non-hydrogen) atoms. The van der Waals surface area contributed by atoms with Gasteiger partial charge in [-0.15, -0.1) is 0 Å². The maximum absolute atomic E-state index is 12.3. The van der Waals surface area contributed by atoms with Gasteiger partial charge >= 0.3 is 5.97 Å². The lowest BCUT2D eigenvalue weighted by molar-refractivity contribution is -0.145. The molecule has 0 saturated carbocycles. The summed E-state index contributed by atoms with van der Waals surface area (Å²) in [4.78, 5) is 23.6. The Kier molecular flexibility index (Phi) is 8.55. The van der Waals surface area contributed by atoms with Crippen LogP contribution in [0.15, 0.2) is 79.1 Å². The first-order valence-corrected chi connectivity index (χ1v) is 13.0. The highest BCUT2D eigenvalue weighted by Crippen LogP contribution is 2.19. The van der Waals surface area contributed by atoms with Crippen LogP contribution in [-0.4, -0.2) is 66.3 Å². The Morgan fingerprint density at radius 1 is 0.974 bits per heavy atom. The number of benzene rings is 3. The van der Waals surface area contributed by atoms with E-state index < -0.39 is 6.04 Å². The van der Waals surface area contributed by atoms with Crippen LogP contribution in [-0.2, 0) is 27.2 Å². The number of rotatable bonds is 10. The van der Waals surface area contributed by atoms with Crippen LogP contribution in [0.4, 0.5) is 5.82 Å². The van der Waals surface area contributed by atoms with Crippen LogP contribution in [0.3, 0.4) is 0 Å². The summed E-state index contributed by atoms with van der Waals surface area (Å²) in [6, 6.07) is 21.9. The zero-order chi connectivity index (χ0) is 26.2. The average molecular weight is 512 g/mol. The molecule has 1 fully saturated rings. The van der Waals surface area contributed by atoms with Gasteiger partial charge in [0, 0.05) is 31.7 Å². The molecule has 2 heterocycles. The quantitative estimate of drug-likeness (QED) is 0.311. The van der Waals surface area contributed by atoms with Crippen molar-refractivity contribution in [3.63, 3.8) is 0 Å². The normalized spacial score (nSPS) is 14.8. The Hall–Kier alpha value is -3.85. The molecule has 4 aromatic rings. The zero-order valence-electron chi connectivity index (χ0n) is 21.4. The Morgan fingerprint density at radius 2 is 1.74 bits per heavy atom. The third-order valence-electron chi connectivity index (χ3n) is 6.70.